The van der Waals surface area contributed by atoms with Crippen molar-refractivity contribution in [2.24, 2.45) is 0 Å². The Morgan fingerprint density at radius 3 is 2.17 bits per heavy atom. The monoisotopic (exact) mass is 388 g/mol. The van der Waals surface area contributed by atoms with E-state index in [0.717, 1.165) is 15.8 Å². The number of carbonyl (C=O) groups is 2. The van der Waals surface area contributed by atoms with Crippen molar-refractivity contribution in [2.75, 3.05) is 24.3 Å². The summed E-state index contributed by atoms with van der Waals surface area (Å²) in [4.78, 5) is 26.0. The van der Waals surface area contributed by atoms with Crippen LogP contribution in [0, 0.1) is 0 Å². The number of nitrogens with zero attached hydrogens (tertiary/aromatic N) is 1. The Labute approximate surface area is 151 Å². The summed E-state index contributed by atoms with van der Waals surface area (Å²) in [5, 5.41) is 2.85. The van der Waals surface area contributed by atoms with E-state index >= 15 is 0 Å². The summed E-state index contributed by atoms with van der Waals surface area (Å²) in [6, 6.07) is 14.9. The Morgan fingerprint density at radius 1 is 0.958 bits per heavy atom. The molecular formula is C19H21BrN2O2. The first-order valence-corrected chi connectivity index (χ1v) is 8.61. The summed E-state index contributed by atoms with van der Waals surface area (Å²) in [6.45, 7) is 0. The minimum atomic E-state index is -0.0730. The molecule has 0 spiro atoms. The van der Waals surface area contributed by atoms with Crippen LogP contribution in [0.5, 0.6) is 0 Å². The normalized spacial score (nSPS) is 10.3. The van der Waals surface area contributed by atoms with Crippen molar-refractivity contribution in [2.45, 2.75) is 19.3 Å². The molecule has 0 radical (unpaired) electrons. The summed E-state index contributed by atoms with van der Waals surface area (Å²) in [5.74, 6) is -0.0122. The van der Waals surface area contributed by atoms with Crippen LogP contribution in [0.4, 0.5) is 11.4 Å². The SMILES string of the molecule is CN(C)c1ccc(NC(=O)CCCC(=O)c2ccc(Br)cc2)cc1. The Balaban J connectivity index is 1.76. The molecule has 0 aliphatic heterocycles. The van der Waals surface area contributed by atoms with Gasteiger partial charge in [0.2, 0.25) is 5.91 Å². The number of anilines is 2. The molecule has 2 aromatic carbocycles. The van der Waals surface area contributed by atoms with Gasteiger partial charge in [-0.1, -0.05) is 28.1 Å². The van der Waals surface area contributed by atoms with Gasteiger partial charge in [-0.15, -0.1) is 0 Å². The van der Waals surface area contributed by atoms with Crippen molar-refractivity contribution in [1.29, 1.82) is 0 Å². The molecule has 0 atom stereocenters. The van der Waals surface area contributed by atoms with Crippen LogP contribution in [0.2, 0.25) is 0 Å². The Morgan fingerprint density at radius 2 is 1.58 bits per heavy atom. The van der Waals surface area contributed by atoms with E-state index < -0.39 is 0 Å². The van der Waals surface area contributed by atoms with Crippen LogP contribution in [0.25, 0.3) is 0 Å². The molecule has 2 rings (SSSR count). The van der Waals surface area contributed by atoms with E-state index in [-0.39, 0.29) is 11.7 Å². The highest BCUT2D eigenvalue weighted by Gasteiger charge is 2.08. The fourth-order valence-corrected chi connectivity index (χ4v) is 2.52. The lowest BCUT2D eigenvalue weighted by atomic mass is 10.1. The van der Waals surface area contributed by atoms with Gasteiger partial charge in [0, 0.05) is 48.3 Å². The molecule has 126 valence electrons. The minimum Gasteiger partial charge on any atom is -0.378 e. The molecular weight excluding hydrogens is 368 g/mol. The molecule has 0 aromatic heterocycles. The van der Waals surface area contributed by atoms with E-state index in [1.165, 1.54) is 0 Å². The third-order valence-electron chi connectivity index (χ3n) is 3.64. The van der Waals surface area contributed by atoms with Crippen LogP contribution in [0.1, 0.15) is 29.6 Å². The van der Waals surface area contributed by atoms with Gasteiger partial charge >= 0.3 is 0 Å². The van der Waals surface area contributed by atoms with Gasteiger partial charge in [-0.25, -0.2) is 0 Å². The molecule has 0 bridgehead atoms. The Hall–Kier alpha value is -2.14. The first kappa shape index (κ1) is 18.2. The third-order valence-corrected chi connectivity index (χ3v) is 4.17. The van der Waals surface area contributed by atoms with Gasteiger partial charge in [-0.2, -0.15) is 0 Å². The third kappa shape index (κ3) is 5.49. The summed E-state index contributed by atoms with van der Waals surface area (Å²) in [5.41, 5.74) is 2.52. The Bertz CT molecular complexity index is 694. The average Bonchev–Trinajstić information content (AvgIpc) is 2.55. The van der Waals surface area contributed by atoms with Crippen molar-refractivity contribution in [3.63, 3.8) is 0 Å². The number of ketones is 1. The second-order valence-corrected chi connectivity index (χ2v) is 6.69. The van der Waals surface area contributed by atoms with Gasteiger partial charge in [-0.3, -0.25) is 9.59 Å². The van der Waals surface area contributed by atoms with Crippen molar-refractivity contribution in [1.82, 2.24) is 0 Å². The lowest BCUT2D eigenvalue weighted by Gasteiger charge is -2.13. The fraction of sp³-hybridized carbons (Fsp3) is 0.263. The van der Waals surface area contributed by atoms with E-state index in [1.54, 1.807) is 12.1 Å². The lowest BCUT2D eigenvalue weighted by molar-refractivity contribution is -0.116. The van der Waals surface area contributed by atoms with Crippen molar-refractivity contribution in [3.8, 4) is 0 Å². The highest BCUT2D eigenvalue weighted by atomic mass is 79.9. The molecule has 24 heavy (non-hydrogen) atoms. The molecule has 0 saturated carbocycles. The zero-order chi connectivity index (χ0) is 17.5. The number of hydrogen-bond donors (Lipinski definition) is 1. The van der Waals surface area contributed by atoms with Crippen LogP contribution < -0.4 is 10.2 Å². The largest absolute Gasteiger partial charge is 0.378 e. The highest BCUT2D eigenvalue weighted by Crippen LogP contribution is 2.16. The first-order valence-electron chi connectivity index (χ1n) is 7.82. The van der Waals surface area contributed by atoms with E-state index in [0.29, 0.717) is 24.8 Å². The first-order chi connectivity index (χ1) is 11.5. The lowest BCUT2D eigenvalue weighted by Crippen LogP contribution is -2.12. The van der Waals surface area contributed by atoms with E-state index in [1.807, 2.05) is 55.4 Å². The average molecular weight is 389 g/mol. The van der Waals surface area contributed by atoms with Crippen LogP contribution in [-0.2, 0) is 4.79 Å². The maximum atomic E-state index is 12.0. The number of amides is 1. The fourth-order valence-electron chi connectivity index (χ4n) is 2.26. The molecule has 4 nitrogen and oxygen atoms in total. The van der Waals surface area contributed by atoms with E-state index in [2.05, 4.69) is 21.2 Å². The predicted molar refractivity (Wildman–Crippen MR) is 102 cm³/mol. The molecule has 0 unspecified atom stereocenters. The maximum absolute atomic E-state index is 12.0. The van der Waals surface area contributed by atoms with Crippen LogP contribution in [0.15, 0.2) is 53.0 Å². The van der Waals surface area contributed by atoms with Crippen molar-refractivity contribution in [3.05, 3.63) is 58.6 Å². The number of carbonyl (C=O) groups excluding carboxylic acids is 2. The van der Waals surface area contributed by atoms with Crippen molar-refractivity contribution >= 4 is 39.0 Å². The van der Waals surface area contributed by atoms with Crippen LogP contribution in [0.3, 0.4) is 0 Å². The molecule has 0 aliphatic rings. The molecule has 1 amide bonds. The van der Waals surface area contributed by atoms with E-state index in [4.69, 9.17) is 0 Å². The standard InChI is InChI=1S/C19H21BrN2O2/c1-22(2)17-12-10-16(11-13-17)21-19(24)5-3-4-18(23)14-6-8-15(20)9-7-14/h6-13H,3-5H2,1-2H3,(H,21,24). The van der Waals surface area contributed by atoms with Crippen LogP contribution >= 0.6 is 15.9 Å². The number of Topliss-reactive ketones (excluding diaryl/α,β-unsaturated/α-hetero) is 1. The zero-order valence-corrected chi connectivity index (χ0v) is 15.5. The summed E-state index contributed by atoms with van der Waals surface area (Å²) in [6.07, 6.45) is 1.24. The quantitative estimate of drug-likeness (QED) is 0.709. The summed E-state index contributed by atoms with van der Waals surface area (Å²) in [7, 11) is 3.94. The number of benzene rings is 2. The second kappa shape index (κ2) is 8.64. The molecule has 0 heterocycles. The van der Waals surface area contributed by atoms with Crippen molar-refractivity contribution < 1.29 is 9.59 Å². The van der Waals surface area contributed by atoms with Gasteiger partial charge in [0.25, 0.3) is 0 Å². The molecule has 1 N–H and O–H groups in total. The summed E-state index contributed by atoms with van der Waals surface area (Å²) >= 11 is 3.34. The topological polar surface area (TPSA) is 49.4 Å². The van der Waals surface area contributed by atoms with Gasteiger partial charge in [-0.05, 0) is 42.8 Å². The van der Waals surface area contributed by atoms with Gasteiger partial charge < -0.3 is 10.2 Å². The number of halogens is 1. The Kier molecular flexibility index (Phi) is 6.55. The number of hydrogen-bond acceptors (Lipinski definition) is 3. The molecule has 2 aromatic rings. The zero-order valence-electron chi connectivity index (χ0n) is 13.9. The second-order valence-electron chi connectivity index (χ2n) is 5.77. The minimum absolute atomic E-state index is 0.0608. The smallest absolute Gasteiger partial charge is 0.224 e. The van der Waals surface area contributed by atoms with E-state index in [9.17, 15) is 9.59 Å². The summed E-state index contributed by atoms with van der Waals surface area (Å²) < 4.78 is 0.943. The van der Waals surface area contributed by atoms with Gasteiger partial charge in [0.15, 0.2) is 5.78 Å². The highest BCUT2D eigenvalue weighted by molar-refractivity contribution is 9.10. The molecule has 0 fully saturated rings. The molecule has 0 saturated heterocycles. The van der Waals surface area contributed by atoms with Gasteiger partial charge in [0.05, 0.1) is 0 Å². The predicted octanol–water partition coefficient (Wildman–Crippen LogP) is 4.51. The van der Waals surface area contributed by atoms with Gasteiger partial charge in [0.1, 0.15) is 0 Å². The molecule has 0 aliphatic carbocycles. The number of rotatable bonds is 7. The maximum Gasteiger partial charge on any atom is 0.224 e. The number of nitrogens with one attached hydrogen (secondary N) is 1. The van der Waals surface area contributed by atoms with Crippen LogP contribution in [-0.4, -0.2) is 25.8 Å². The molecule has 5 heteroatoms.